The number of benzene rings is 2. The second-order valence-electron chi connectivity index (χ2n) is 6.18. The number of carbonyl (C=O) groups is 1. The van der Waals surface area contributed by atoms with E-state index >= 15 is 0 Å². The van der Waals surface area contributed by atoms with Gasteiger partial charge in [-0.25, -0.2) is 0 Å². The van der Waals surface area contributed by atoms with Gasteiger partial charge in [0, 0.05) is 12.5 Å². The van der Waals surface area contributed by atoms with Crippen molar-refractivity contribution in [2.75, 3.05) is 20.3 Å². The molecular weight excluding hydrogens is 318 g/mol. The highest BCUT2D eigenvalue weighted by Crippen LogP contribution is 2.26. The molecule has 3 rings (SSSR count). The van der Waals surface area contributed by atoms with Gasteiger partial charge in [0.05, 0.1) is 13.7 Å². The third kappa shape index (κ3) is 4.66. The van der Waals surface area contributed by atoms with E-state index in [1.807, 2.05) is 13.0 Å². The quantitative estimate of drug-likeness (QED) is 0.841. The monoisotopic (exact) mass is 341 g/mol. The van der Waals surface area contributed by atoms with E-state index in [0.29, 0.717) is 5.75 Å². The topological polar surface area (TPSA) is 56.8 Å². The molecule has 1 aliphatic heterocycles. The summed E-state index contributed by atoms with van der Waals surface area (Å²) in [6.45, 7) is 2.75. The number of rotatable bonds is 7. The van der Waals surface area contributed by atoms with Gasteiger partial charge in [-0.3, -0.25) is 4.79 Å². The van der Waals surface area contributed by atoms with Crippen molar-refractivity contribution in [3.05, 3.63) is 53.6 Å². The lowest BCUT2D eigenvalue weighted by atomic mass is 10.0. The van der Waals surface area contributed by atoms with Crippen LogP contribution in [0.15, 0.2) is 42.5 Å². The minimum atomic E-state index is -0.132. The highest BCUT2D eigenvalue weighted by molar-refractivity contribution is 5.77. The van der Waals surface area contributed by atoms with Gasteiger partial charge in [-0.2, -0.15) is 0 Å². The molecule has 2 aromatic rings. The van der Waals surface area contributed by atoms with Crippen molar-refractivity contribution in [2.24, 2.45) is 0 Å². The average Bonchev–Trinajstić information content (AvgIpc) is 3.08. The Kier molecular flexibility index (Phi) is 5.43. The molecule has 1 heterocycles. The summed E-state index contributed by atoms with van der Waals surface area (Å²) < 4.78 is 16.1. The predicted molar refractivity (Wildman–Crippen MR) is 95.4 cm³/mol. The van der Waals surface area contributed by atoms with E-state index in [0.717, 1.165) is 30.9 Å². The molecule has 1 atom stereocenters. The largest absolute Gasteiger partial charge is 0.497 e. The molecule has 2 aromatic carbocycles. The standard InChI is InChI=1S/C20H23NO4/c1-14(11-15-3-8-19-16(12-15)9-10-24-19)21-20(22)13-25-18-6-4-17(23-2)5-7-18/h3-8,12,14H,9-11,13H2,1-2H3,(H,21,22). The van der Waals surface area contributed by atoms with Gasteiger partial charge in [0.2, 0.25) is 0 Å². The van der Waals surface area contributed by atoms with Crippen LogP contribution >= 0.6 is 0 Å². The van der Waals surface area contributed by atoms with E-state index in [1.165, 1.54) is 11.1 Å². The van der Waals surface area contributed by atoms with Crippen LogP contribution in [0.25, 0.3) is 0 Å². The molecule has 5 heteroatoms. The zero-order chi connectivity index (χ0) is 17.6. The molecular formula is C20H23NO4. The van der Waals surface area contributed by atoms with Gasteiger partial charge in [-0.05, 0) is 54.8 Å². The zero-order valence-corrected chi connectivity index (χ0v) is 14.6. The van der Waals surface area contributed by atoms with Crippen LogP contribution < -0.4 is 19.5 Å². The summed E-state index contributed by atoms with van der Waals surface area (Å²) in [4.78, 5) is 12.0. The molecule has 0 spiro atoms. The summed E-state index contributed by atoms with van der Waals surface area (Å²) in [6.07, 6.45) is 1.74. The first kappa shape index (κ1) is 17.1. The molecule has 1 amide bonds. The number of amides is 1. The number of hydrogen-bond donors (Lipinski definition) is 1. The van der Waals surface area contributed by atoms with Gasteiger partial charge in [0.1, 0.15) is 17.2 Å². The van der Waals surface area contributed by atoms with Crippen LogP contribution in [0.3, 0.4) is 0 Å². The fraction of sp³-hybridized carbons (Fsp3) is 0.350. The lowest BCUT2D eigenvalue weighted by Crippen LogP contribution is -2.37. The number of hydrogen-bond acceptors (Lipinski definition) is 4. The van der Waals surface area contributed by atoms with E-state index in [-0.39, 0.29) is 18.6 Å². The Morgan fingerprint density at radius 1 is 1.20 bits per heavy atom. The maximum absolute atomic E-state index is 12.0. The molecule has 1 aliphatic rings. The molecule has 5 nitrogen and oxygen atoms in total. The first-order valence-corrected chi connectivity index (χ1v) is 8.45. The second-order valence-corrected chi connectivity index (χ2v) is 6.18. The number of ether oxygens (including phenoxy) is 3. The third-order valence-corrected chi connectivity index (χ3v) is 4.13. The Morgan fingerprint density at radius 3 is 2.72 bits per heavy atom. The van der Waals surface area contributed by atoms with Crippen molar-refractivity contribution in [3.63, 3.8) is 0 Å². The summed E-state index contributed by atoms with van der Waals surface area (Å²) in [5, 5.41) is 2.97. The minimum Gasteiger partial charge on any atom is -0.497 e. The van der Waals surface area contributed by atoms with Gasteiger partial charge in [-0.1, -0.05) is 12.1 Å². The Morgan fingerprint density at radius 2 is 1.96 bits per heavy atom. The molecule has 1 unspecified atom stereocenters. The van der Waals surface area contributed by atoms with Crippen LogP contribution in [-0.4, -0.2) is 32.3 Å². The summed E-state index contributed by atoms with van der Waals surface area (Å²) in [5.41, 5.74) is 2.45. The fourth-order valence-corrected chi connectivity index (χ4v) is 2.91. The first-order valence-electron chi connectivity index (χ1n) is 8.45. The van der Waals surface area contributed by atoms with E-state index in [1.54, 1.807) is 31.4 Å². The Hall–Kier alpha value is -2.69. The predicted octanol–water partition coefficient (Wildman–Crippen LogP) is 2.76. The van der Waals surface area contributed by atoms with Gasteiger partial charge in [0.25, 0.3) is 5.91 Å². The van der Waals surface area contributed by atoms with Crippen LogP contribution in [0.5, 0.6) is 17.2 Å². The van der Waals surface area contributed by atoms with Crippen LogP contribution in [0.1, 0.15) is 18.1 Å². The summed E-state index contributed by atoms with van der Waals surface area (Å²) in [6, 6.07) is 13.4. The van der Waals surface area contributed by atoms with Gasteiger partial charge < -0.3 is 19.5 Å². The molecule has 0 radical (unpaired) electrons. The highest BCUT2D eigenvalue weighted by atomic mass is 16.5. The van der Waals surface area contributed by atoms with Gasteiger partial charge >= 0.3 is 0 Å². The molecule has 0 fully saturated rings. The normalized spacial score (nSPS) is 13.5. The summed E-state index contributed by atoms with van der Waals surface area (Å²) in [7, 11) is 1.61. The van der Waals surface area contributed by atoms with Gasteiger partial charge in [-0.15, -0.1) is 0 Å². The van der Waals surface area contributed by atoms with Crippen LogP contribution in [-0.2, 0) is 17.6 Å². The van der Waals surface area contributed by atoms with Crippen LogP contribution in [0, 0.1) is 0 Å². The smallest absolute Gasteiger partial charge is 0.258 e. The van der Waals surface area contributed by atoms with Crippen molar-refractivity contribution >= 4 is 5.91 Å². The Bertz CT molecular complexity index is 727. The maximum atomic E-state index is 12.0. The summed E-state index contributed by atoms with van der Waals surface area (Å²) in [5.74, 6) is 2.24. The molecule has 132 valence electrons. The van der Waals surface area contributed by atoms with Crippen molar-refractivity contribution in [1.82, 2.24) is 5.32 Å². The van der Waals surface area contributed by atoms with Crippen molar-refractivity contribution in [1.29, 1.82) is 0 Å². The van der Waals surface area contributed by atoms with E-state index in [4.69, 9.17) is 14.2 Å². The third-order valence-electron chi connectivity index (χ3n) is 4.13. The molecule has 0 saturated heterocycles. The molecule has 0 aromatic heterocycles. The minimum absolute atomic E-state index is 0.00526. The SMILES string of the molecule is COc1ccc(OCC(=O)NC(C)Cc2ccc3c(c2)CCO3)cc1. The number of fused-ring (bicyclic) bond motifs is 1. The number of methoxy groups -OCH3 is 1. The van der Waals surface area contributed by atoms with E-state index in [9.17, 15) is 4.79 Å². The second kappa shape index (κ2) is 7.92. The number of carbonyl (C=O) groups excluding carboxylic acids is 1. The highest BCUT2D eigenvalue weighted by Gasteiger charge is 2.14. The molecule has 25 heavy (non-hydrogen) atoms. The van der Waals surface area contributed by atoms with Crippen LogP contribution in [0.2, 0.25) is 0 Å². The number of nitrogens with one attached hydrogen (secondary N) is 1. The lowest BCUT2D eigenvalue weighted by molar-refractivity contribution is -0.123. The lowest BCUT2D eigenvalue weighted by Gasteiger charge is -2.15. The molecule has 0 bridgehead atoms. The van der Waals surface area contributed by atoms with Crippen molar-refractivity contribution < 1.29 is 19.0 Å². The fourth-order valence-electron chi connectivity index (χ4n) is 2.91. The van der Waals surface area contributed by atoms with Crippen molar-refractivity contribution in [3.8, 4) is 17.2 Å². The van der Waals surface area contributed by atoms with Crippen molar-refractivity contribution in [2.45, 2.75) is 25.8 Å². The van der Waals surface area contributed by atoms with E-state index < -0.39 is 0 Å². The first-order chi connectivity index (χ1) is 12.1. The zero-order valence-electron chi connectivity index (χ0n) is 14.6. The maximum Gasteiger partial charge on any atom is 0.258 e. The van der Waals surface area contributed by atoms with Crippen LogP contribution in [0.4, 0.5) is 0 Å². The Balaban J connectivity index is 1.45. The average molecular weight is 341 g/mol. The summed E-state index contributed by atoms with van der Waals surface area (Å²) >= 11 is 0. The molecule has 0 aliphatic carbocycles. The Labute approximate surface area is 147 Å². The molecule has 0 saturated carbocycles. The van der Waals surface area contributed by atoms with E-state index in [2.05, 4.69) is 17.4 Å². The van der Waals surface area contributed by atoms with Gasteiger partial charge in [0.15, 0.2) is 6.61 Å². The molecule has 1 N–H and O–H groups in total.